The van der Waals surface area contributed by atoms with Crippen molar-refractivity contribution in [1.29, 1.82) is 0 Å². The van der Waals surface area contributed by atoms with E-state index in [1.165, 1.54) is 0 Å². The molecule has 0 fully saturated rings. The largest absolute Gasteiger partial charge is 0.389 e. The molecular weight excluding hydrogens is 327 g/mol. The maximum atomic E-state index is 12.3. The van der Waals surface area contributed by atoms with Crippen molar-refractivity contribution in [3.63, 3.8) is 0 Å². The lowest BCUT2D eigenvalue weighted by molar-refractivity contribution is 0.102. The summed E-state index contributed by atoms with van der Waals surface area (Å²) in [6.07, 6.45) is 0. The Bertz CT molecular complexity index is 732. The molecule has 0 aliphatic carbocycles. The highest BCUT2D eigenvalue weighted by atomic mass is 35.5. The summed E-state index contributed by atoms with van der Waals surface area (Å²) < 4.78 is 0. The number of aryl methyl sites for hydroxylation is 1. The Hall–Kier alpha value is -1.62. The van der Waals surface area contributed by atoms with E-state index in [2.05, 4.69) is 5.32 Å². The van der Waals surface area contributed by atoms with E-state index in [1.807, 2.05) is 6.92 Å². The van der Waals surface area contributed by atoms with Gasteiger partial charge < -0.3 is 11.1 Å². The molecule has 1 amide bonds. The summed E-state index contributed by atoms with van der Waals surface area (Å²) in [5, 5.41) is 3.51. The highest BCUT2D eigenvalue weighted by Crippen LogP contribution is 2.33. The molecule has 0 saturated carbocycles. The lowest BCUT2D eigenvalue weighted by Gasteiger charge is -2.11. The normalized spacial score (nSPS) is 10.2. The minimum Gasteiger partial charge on any atom is -0.389 e. The number of carbonyl (C=O) groups is 1. The first-order valence-electron chi connectivity index (χ1n) is 6.06. The maximum Gasteiger partial charge on any atom is 0.255 e. The van der Waals surface area contributed by atoms with Crippen molar-refractivity contribution in [3.05, 3.63) is 63.1 Å². The molecule has 0 aromatic heterocycles. The van der Waals surface area contributed by atoms with Gasteiger partial charge >= 0.3 is 0 Å². The molecule has 2 aromatic carbocycles. The van der Waals surface area contributed by atoms with Gasteiger partial charge in [0, 0.05) is 11.1 Å². The Kier molecular flexibility index (Phi) is 4.83. The fourth-order valence-corrected chi connectivity index (χ4v) is 2.36. The minimum absolute atomic E-state index is 0.233. The Labute approximate surface area is 138 Å². The van der Waals surface area contributed by atoms with E-state index in [4.69, 9.17) is 41.2 Å². The minimum atomic E-state index is -0.331. The number of carbonyl (C=O) groups excluding carboxylic acids is 1. The van der Waals surface area contributed by atoms with Gasteiger partial charge in [0.1, 0.15) is 4.99 Å². The van der Waals surface area contributed by atoms with Crippen molar-refractivity contribution in [2.75, 3.05) is 5.32 Å². The summed E-state index contributed by atoms with van der Waals surface area (Å²) >= 11 is 17.1. The van der Waals surface area contributed by atoms with Crippen LogP contribution in [-0.4, -0.2) is 10.9 Å². The first-order valence-corrected chi connectivity index (χ1v) is 7.22. The molecule has 0 bridgehead atoms. The van der Waals surface area contributed by atoms with Crippen LogP contribution in [0.1, 0.15) is 21.5 Å². The number of hydrogen-bond donors (Lipinski definition) is 2. The van der Waals surface area contributed by atoms with Crippen LogP contribution in [-0.2, 0) is 0 Å². The third-order valence-electron chi connectivity index (χ3n) is 2.93. The lowest BCUT2D eigenvalue weighted by Crippen LogP contribution is -2.15. The number of rotatable bonds is 3. The van der Waals surface area contributed by atoms with E-state index in [0.717, 1.165) is 5.56 Å². The monoisotopic (exact) mass is 338 g/mol. The topological polar surface area (TPSA) is 55.1 Å². The number of benzene rings is 2. The molecule has 3 nitrogen and oxygen atoms in total. The van der Waals surface area contributed by atoms with Gasteiger partial charge in [-0.15, -0.1) is 0 Å². The van der Waals surface area contributed by atoms with Gasteiger partial charge in [0.2, 0.25) is 0 Å². The third kappa shape index (κ3) is 3.53. The summed E-state index contributed by atoms with van der Waals surface area (Å²) in [4.78, 5) is 12.5. The van der Waals surface area contributed by atoms with Crippen LogP contribution < -0.4 is 11.1 Å². The van der Waals surface area contributed by atoms with E-state index >= 15 is 0 Å². The standard InChI is InChI=1S/C15H12Cl2N2OS/c1-8-5-6-11(16)13(12(8)17)19-15(20)10-4-2-3-9(7-10)14(18)21/h2-7H,1H3,(H2,18,21)(H,19,20). The lowest BCUT2D eigenvalue weighted by atomic mass is 10.1. The molecule has 0 aliphatic heterocycles. The second-order valence-corrected chi connectivity index (χ2v) is 5.68. The first kappa shape index (κ1) is 15.8. The second kappa shape index (κ2) is 6.43. The average Bonchev–Trinajstić information content (AvgIpc) is 2.47. The van der Waals surface area contributed by atoms with Crippen molar-refractivity contribution in [2.45, 2.75) is 6.92 Å². The van der Waals surface area contributed by atoms with Gasteiger partial charge in [0.25, 0.3) is 5.91 Å². The van der Waals surface area contributed by atoms with Crippen LogP contribution in [0.3, 0.4) is 0 Å². The summed E-state index contributed by atoms with van der Waals surface area (Å²) in [7, 11) is 0. The number of halogens is 2. The quantitative estimate of drug-likeness (QED) is 0.825. The van der Waals surface area contributed by atoms with Crippen molar-refractivity contribution in [1.82, 2.24) is 0 Å². The summed E-state index contributed by atoms with van der Waals surface area (Å²) in [5.41, 5.74) is 7.83. The molecule has 0 radical (unpaired) electrons. The molecule has 0 aliphatic rings. The number of anilines is 1. The van der Waals surface area contributed by atoms with Crippen molar-refractivity contribution >= 4 is 52.0 Å². The molecule has 0 heterocycles. The van der Waals surface area contributed by atoms with Gasteiger partial charge in [-0.1, -0.05) is 53.6 Å². The highest BCUT2D eigenvalue weighted by Gasteiger charge is 2.13. The Balaban J connectivity index is 2.33. The molecular formula is C15H12Cl2N2OS. The fraction of sp³-hybridized carbons (Fsp3) is 0.0667. The van der Waals surface area contributed by atoms with Gasteiger partial charge in [0.05, 0.1) is 15.7 Å². The van der Waals surface area contributed by atoms with Crippen molar-refractivity contribution < 1.29 is 4.79 Å². The van der Waals surface area contributed by atoms with E-state index in [-0.39, 0.29) is 10.9 Å². The molecule has 21 heavy (non-hydrogen) atoms. The van der Waals surface area contributed by atoms with E-state index in [1.54, 1.807) is 36.4 Å². The molecule has 2 rings (SSSR count). The number of nitrogens with two attached hydrogens (primary N) is 1. The van der Waals surface area contributed by atoms with Gasteiger partial charge in [-0.25, -0.2) is 0 Å². The van der Waals surface area contributed by atoms with Crippen LogP contribution in [0.5, 0.6) is 0 Å². The molecule has 6 heteroatoms. The molecule has 0 saturated heterocycles. The predicted molar refractivity (Wildman–Crippen MR) is 91.5 cm³/mol. The van der Waals surface area contributed by atoms with Crippen LogP contribution in [0, 0.1) is 6.92 Å². The number of nitrogens with one attached hydrogen (secondary N) is 1. The Morgan fingerprint density at radius 1 is 1.19 bits per heavy atom. The second-order valence-electron chi connectivity index (χ2n) is 4.45. The smallest absolute Gasteiger partial charge is 0.255 e. The maximum absolute atomic E-state index is 12.3. The van der Waals surface area contributed by atoms with Crippen LogP contribution in [0.15, 0.2) is 36.4 Å². The van der Waals surface area contributed by atoms with Crippen LogP contribution in [0.25, 0.3) is 0 Å². The summed E-state index contributed by atoms with van der Waals surface area (Å²) in [6, 6.07) is 10.2. The number of thiocarbonyl (C=S) groups is 1. The van der Waals surface area contributed by atoms with Gasteiger partial charge in [-0.3, -0.25) is 4.79 Å². The first-order chi connectivity index (χ1) is 9.90. The van der Waals surface area contributed by atoms with Crippen LogP contribution in [0.2, 0.25) is 10.0 Å². The van der Waals surface area contributed by atoms with Crippen molar-refractivity contribution in [2.24, 2.45) is 5.73 Å². The Morgan fingerprint density at radius 2 is 1.86 bits per heavy atom. The van der Waals surface area contributed by atoms with Gasteiger partial charge in [-0.05, 0) is 30.7 Å². The fourth-order valence-electron chi connectivity index (χ4n) is 1.77. The molecule has 0 unspecified atom stereocenters. The molecule has 108 valence electrons. The average molecular weight is 339 g/mol. The molecule has 3 N–H and O–H groups in total. The van der Waals surface area contributed by atoms with Crippen molar-refractivity contribution in [3.8, 4) is 0 Å². The number of hydrogen-bond acceptors (Lipinski definition) is 2. The van der Waals surface area contributed by atoms with Crippen LogP contribution in [0.4, 0.5) is 5.69 Å². The molecule has 0 atom stereocenters. The number of amides is 1. The van der Waals surface area contributed by atoms with Crippen LogP contribution >= 0.6 is 35.4 Å². The van der Waals surface area contributed by atoms with E-state index in [9.17, 15) is 4.79 Å². The van der Waals surface area contributed by atoms with E-state index < -0.39 is 0 Å². The van der Waals surface area contributed by atoms with E-state index in [0.29, 0.717) is 26.9 Å². The van der Waals surface area contributed by atoms with Gasteiger partial charge in [-0.2, -0.15) is 0 Å². The summed E-state index contributed by atoms with van der Waals surface area (Å²) in [6.45, 7) is 1.84. The van der Waals surface area contributed by atoms with Gasteiger partial charge in [0.15, 0.2) is 0 Å². The highest BCUT2D eigenvalue weighted by molar-refractivity contribution is 7.80. The third-order valence-corrected chi connectivity index (χ3v) is 3.97. The SMILES string of the molecule is Cc1ccc(Cl)c(NC(=O)c2cccc(C(N)=S)c2)c1Cl. The molecule has 2 aromatic rings. The zero-order valence-corrected chi connectivity index (χ0v) is 13.4. The zero-order valence-electron chi connectivity index (χ0n) is 11.1. The summed E-state index contributed by atoms with van der Waals surface area (Å²) in [5.74, 6) is -0.331. The Morgan fingerprint density at radius 3 is 2.52 bits per heavy atom. The molecule has 0 spiro atoms. The zero-order chi connectivity index (χ0) is 15.6. The predicted octanol–water partition coefficient (Wildman–Crippen LogP) is 4.19.